The van der Waals surface area contributed by atoms with E-state index in [0.717, 1.165) is 5.56 Å². The van der Waals surface area contributed by atoms with Crippen molar-refractivity contribution in [2.24, 2.45) is 16.6 Å². The van der Waals surface area contributed by atoms with E-state index < -0.39 is 22.7 Å². The number of ether oxygens (including phenoxy) is 2. The van der Waals surface area contributed by atoms with Crippen molar-refractivity contribution < 1.29 is 14.5 Å². The first-order valence-corrected chi connectivity index (χ1v) is 6.96. The first kappa shape index (κ1) is 14.8. The lowest BCUT2D eigenvalue weighted by molar-refractivity contribution is -0.687. The molecule has 1 aromatic rings. The number of nitrogens with two attached hydrogens (primary N) is 1. The predicted octanol–water partition coefficient (Wildman–Crippen LogP) is -0.145. The second-order valence-corrected chi connectivity index (χ2v) is 5.82. The van der Waals surface area contributed by atoms with Crippen LogP contribution in [0.15, 0.2) is 24.3 Å². The number of methoxy groups -OCH3 is 2. The Bertz CT molecular complexity index is 744. The average Bonchev–Trinajstić information content (AvgIpc) is 3.11. The lowest BCUT2D eigenvalue weighted by Gasteiger charge is -2.26. The number of rotatable bonds is 3. The van der Waals surface area contributed by atoms with Crippen LogP contribution in [0, 0.1) is 33.5 Å². The molecule has 0 spiro atoms. The average molecular weight is 318 g/mol. The van der Waals surface area contributed by atoms with Crippen molar-refractivity contribution >= 4 is 17.4 Å². The highest BCUT2D eigenvalue weighted by atomic mass is 35.5. The molecule has 1 aliphatic carbocycles. The zero-order chi connectivity index (χ0) is 16.2. The molecule has 0 saturated heterocycles. The Morgan fingerprint density at radius 1 is 1.18 bits per heavy atom. The maximum Gasteiger partial charge on any atom is 0.342 e. The molecule has 1 fully saturated rings. The summed E-state index contributed by atoms with van der Waals surface area (Å²) < 4.78 is 10.9. The highest BCUT2D eigenvalue weighted by Gasteiger charge is 2.96. The van der Waals surface area contributed by atoms with Gasteiger partial charge in [-0.05, 0) is 17.7 Å². The smallest absolute Gasteiger partial charge is 0.317 e. The van der Waals surface area contributed by atoms with Gasteiger partial charge in [-0.3, -0.25) is 5.73 Å². The molecule has 0 amide bonds. The minimum atomic E-state index is -1.47. The molecule has 3 N–H and O–H groups in total. The number of nitriles is 2. The molecular weight excluding hydrogens is 304 g/mol. The fourth-order valence-electron chi connectivity index (χ4n) is 3.77. The van der Waals surface area contributed by atoms with E-state index in [1.165, 1.54) is 14.2 Å². The van der Waals surface area contributed by atoms with Gasteiger partial charge in [0.15, 0.2) is 10.8 Å². The number of fused-ring (bicyclic) bond motifs is 1. The summed E-state index contributed by atoms with van der Waals surface area (Å²) >= 11 is 5.91. The van der Waals surface area contributed by atoms with E-state index in [-0.39, 0.29) is 5.84 Å². The van der Waals surface area contributed by atoms with Gasteiger partial charge in [0.1, 0.15) is 0 Å². The third kappa shape index (κ3) is 1.29. The zero-order valence-electron chi connectivity index (χ0n) is 12.1. The van der Waals surface area contributed by atoms with Gasteiger partial charge in [-0.15, -0.1) is 0 Å². The largest absolute Gasteiger partial charge is 0.342 e. The number of hydrogen-bond acceptors (Lipinski definition) is 5. The van der Waals surface area contributed by atoms with Crippen LogP contribution in [0.3, 0.4) is 0 Å². The molecule has 3 atom stereocenters. The SMILES string of the molecule is COC1(OC)[NH+]=C(N)C2(C#N)C(c3ccc(Cl)cc3)C12C#N. The Balaban J connectivity index is 2.23. The van der Waals surface area contributed by atoms with Crippen molar-refractivity contribution in [1.82, 2.24) is 0 Å². The fourth-order valence-corrected chi connectivity index (χ4v) is 3.89. The molecule has 1 aromatic carbocycles. The van der Waals surface area contributed by atoms with Gasteiger partial charge < -0.3 is 9.47 Å². The summed E-state index contributed by atoms with van der Waals surface area (Å²) in [5.74, 6) is -1.75. The zero-order valence-corrected chi connectivity index (χ0v) is 12.8. The molecular formula is C15H14ClN4O2+. The summed E-state index contributed by atoms with van der Waals surface area (Å²) in [6.07, 6.45) is 0. The summed E-state index contributed by atoms with van der Waals surface area (Å²) in [6, 6.07) is 11.4. The minimum Gasteiger partial charge on any atom is -0.317 e. The van der Waals surface area contributed by atoms with Crippen molar-refractivity contribution in [3.8, 4) is 12.1 Å². The molecule has 1 heterocycles. The predicted molar refractivity (Wildman–Crippen MR) is 77.2 cm³/mol. The van der Waals surface area contributed by atoms with Gasteiger partial charge in [-0.2, -0.15) is 10.5 Å². The standard InChI is InChI=1S/C15H13ClN4O2/c1-21-15(22-2)14(8-18)11(9-3-5-10(16)6-4-9)13(14,7-17)12(19)20-15/h3-6,11H,1-2H3,(H2,19,20)/p+1. The number of halogens is 1. The van der Waals surface area contributed by atoms with Crippen LogP contribution in [-0.2, 0) is 9.47 Å². The van der Waals surface area contributed by atoms with E-state index >= 15 is 0 Å². The van der Waals surface area contributed by atoms with Gasteiger partial charge in [-0.1, -0.05) is 23.7 Å². The van der Waals surface area contributed by atoms with Crippen molar-refractivity contribution in [2.45, 2.75) is 11.8 Å². The lowest BCUT2D eigenvalue weighted by atomic mass is 9.93. The maximum atomic E-state index is 9.87. The van der Waals surface area contributed by atoms with Gasteiger partial charge in [0.2, 0.25) is 0 Å². The monoisotopic (exact) mass is 317 g/mol. The minimum absolute atomic E-state index is 0.181. The Labute approximate surface area is 132 Å². The number of benzene rings is 1. The third-order valence-corrected chi connectivity index (χ3v) is 5.03. The van der Waals surface area contributed by atoms with E-state index in [4.69, 9.17) is 26.8 Å². The van der Waals surface area contributed by atoms with Gasteiger partial charge in [0.05, 0.1) is 12.1 Å². The highest BCUT2D eigenvalue weighted by Crippen LogP contribution is 2.78. The molecule has 0 aromatic heterocycles. The van der Waals surface area contributed by atoms with Crippen molar-refractivity contribution in [2.75, 3.05) is 14.2 Å². The van der Waals surface area contributed by atoms with Crippen molar-refractivity contribution in [1.29, 1.82) is 10.5 Å². The van der Waals surface area contributed by atoms with Crippen LogP contribution in [0.2, 0.25) is 5.02 Å². The van der Waals surface area contributed by atoms with Crippen molar-refractivity contribution in [3.05, 3.63) is 34.9 Å². The number of hydrogen-bond donors (Lipinski definition) is 2. The molecule has 1 aliphatic heterocycles. The van der Waals surface area contributed by atoms with E-state index in [1.54, 1.807) is 24.3 Å². The van der Waals surface area contributed by atoms with Crippen LogP contribution in [-0.4, -0.2) is 26.0 Å². The molecule has 6 nitrogen and oxygen atoms in total. The quantitative estimate of drug-likeness (QED) is 0.754. The highest BCUT2D eigenvalue weighted by molar-refractivity contribution is 6.30. The first-order valence-electron chi connectivity index (χ1n) is 6.59. The third-order valence-electron chi connectivity index (χ3n) is 4.78. The maximum absolute atomic E-state index is 9.87. The number of nitrogens with zero attached hydrogens (tertiary/aromatic N) is 2. The van der Waals surface area contributed by atoms with E-state index in [1.807, 2.05) is 0 Å². The second kappa shape index (κ2) is 4.44. The molecule has 0 bridgehead atoms. The first-order chi connectivity index (χ1) is 10.5. The van der Waals surface area contributed by atoms with Crippen LogP contribution < -0.4 is 10.7 Å². The Hall–Kier alpha value is -2.12. The number of amidine groups is 1. The van der Waals surface area contributed by atoms with E-state index in [2.05, 4.69) is 17.1 Å². The summed E-state index contributed by atoms with van der Waals surface area (Å²) in [4.78, 5) is 2.84. The molecule has 0 radical (unpaired) electrons. The molecule has 22 heavy (non-hydrogen) atoms. The van der Waals surface area contributed by atoms with Gasteiger partial charge >= 0.3 is 5.91 Å². The topological polar surface area (TPSA) is 106 Å². The molecule has 3 unspecified atom stereocenters. The Kier molecular flexibility index (Phi) is 2.99. The summed E-state index contributed by atoms with van der Waals surface area (Å²) in [5.41, 5.74) is 4.37. The van der Waals surface area contributed by atoms with Crippen molar-refractivity contribution in [3.63, 3.8) is 0 Å². The molecule has 2 aliphatic rings. The van der Waals surface area contributed by atoms with E-state index in [9.17, 15) is 10.5 Å². The molecule has 1 saturated carbocycles. The summed E-state index contributed by atoms with van der Waals surface area (Å²) in [6.45, 7) is 0. The fraction of sp³-hybridized carbons (Fsp3) is 0.400. The van der Waals surface area contributed by atoms with Gasteiger partial charge in [0.25, 0.3) is 5.84 Å². The lowest BCUT2D eigenvalue weighted by Crippen LogP contribution is -2.90. The summed E-state index contributed by atoms with van der Waals surface area (Å²) in [5, 5.41) is 20.2. The molecule has 112 valence electrons. The van der Waals surface area contributed by atoms with Crippen LogP contribution in [0.5, 0.6) is 0 Å². The van der Waals surface area contributed by atoms with Gasteiger partial charge in [0, 0.05) is 25.2 Å². The molecule has 3 rings (SSSR count). The Morgan fingerprint density at radius 3 is 2.23 bits per heavy atom. The molecule has 7 heteroatoms. The van der Waals surface area contributed by atoms with Crippen LogP contribution >= 0.6 is 11.6 Å². The second-order valence-electron chi connectivity index (χ2n) is 5.39. The number of nitrogens with one attached hydrogen (secondary N) is 1. The summed E-state index contributed by atoms with van der Waals surface area (Å²) in [7, 11) is 2.82. The Morgan fingerprint density at radius 2 is 1.77 bits per heavy atom. The van der Waals surface area contributed by atoms with E-state index in [0.29, 0.717) is 5.02 Å². The normalized spacial score (nSPS) is 34.2. The van der Waals surface area contributed by atoms with Crippen LogP contribution in [0.1, 0.15) is 11.5 Å². The van der Waals surface area contributed by atoms with Crippen LogP contribution in [0.4, 0.5) is 0 Å². The van der Waals surface area contributed by atoms with Gasteiger partial charge in [-0.25, -0.2) is 4.99 Å². The van der Waals surface area contributed by atoms with Crippen LogP contribution in [0.25, 0.3) is 0 Å².